The van der Waals surface area contributed by atoms with Crippen molar-refractivity contribution in [2.24, 2.45) is 0 Å². The van der Waals surface area contributed by atoms with Crippen LogP contribution in [-0.4, -0.2) is 16.0 Å². The maximum atomic E-state index is 13.0. The zero-order valence-electron chi connectivity index (χ0n) is 16.6. The summed E-state index contributed by atoms with van der Waals surface area (Å²) in [6, 6.07) is 14.2. The minimum absolute atomic E-state index is 0.162. The Morgan fingerprint density at radius 2 is 2.00 bits per heavy atom. The summed E-state index contributed by atoms with van der Waals surface area (Å²) in [5, 5.41) is 8.35. The molecule has 0 saturated heterocycles. The maximum Gasteiger partial charge on any atom is 0.261 e. The third-order valence-corrected chi connectivity index (χ3v) is 5.25. The summed E-state index contributed by atoms with van der Waals surface area (Å²) in [7, 11) is 0. The fourth-order valence-corrected chi connectivity index (χ4v) is 3.78. The molecule has 6 nitrogen and oxygen atoms in total. The van der Waals surface area contributed by atoms with Gasteiger partial charge in [0.05, 0.1) is 10.5 Å². The molecule has 30 heavy (non-hydrogen) atoms. The summed E-state index contributed by atoms with van der Waals surface area (Å²) in [5.74, 6) is 0.0249. The highest BCUT2D eigenvalue weighted by Gasteiger charge is 2.23. The lowest BCUT2D eigenvalue weighted by Gasteiger charge is -2.09. The first-order chi connectivity index (χ1) is 14.5. The molecular weight excluding hydrogens is 402 g/mol. The number of hydrogen-bond acceptors (Lipinski definition) is 4. The Kier molecular flexibility index (Phi) is 5.42. The summed E-state index contributed by atoms with van der Waals surface area (Å²) in [6.07, 6.45) is 1.75. The Balaban J connectivity index is 1.70. The SMILES string of the molecule is CCCc1cc(=O)[nH]c2cc(NC(=O)c3c(-c4ccccc4Cl)noc3C)ccc12. The normalized spacial score (nSPS) is 11.0. The lowest BCUT2D eigenvalue weighted by Crippen LogP contribution is -2.14. The average Bonchev–Trinajstić information content (AvgIpc) is 3.09. The number of pyridine rings is 1. The zero-order valence-corrected chi connectivity index (χ0v) is 17.3. The first kappa shape index (κ1) is 19.9. The van der Waals surface area contributed by atoms with Gasteiger partial charge in [0.25, 0.3) is 5.91 Å². The van der Waals surface area contributed by atoms with E-state index < -0.39 is 0 Å². The highest BCUT2D eigenvalue weighted by molar-refractivity contribution is 6.33. The van der Waals surface area contributed by atoms with Gasteiger partial charge in [-0.1, -0.05) is 54.4 Å². The molecular formula is C23H20ClN3O3. The Hall–Kier alpha value is -3.38. The highest BCUT2D eigenvalue weighted by Crippen LogP contribution is 2.31. The quantitative estimate of drug-likeness (QED) is 0.454. The van der Waals surface area contributed by atoms with Crippen LogP contribution >= 0.6 is 11.6 Å². The van der Waals surface area contributed by atoms with E-state index in [0.29, 0.717) is 38.8 Å². The van der Waals surface area contributed by atoms with Gasteiger partial charge >= 0.3 is 0 Å². The van der Waals surface area contributed by atoms with Crippen molar-refractivity contribution in [3.63, 3.8) is 0 Å². The molecule has 152 valence electrons. The van der Waals surface area contributed by atoms with Gasteiger partial charge in [-0.25, -0.2) is 0 Å². The third-order valence-electron chi connectivity index (χ3n) is 4.92. The number of aryl methyl sites for hydroxylation is 2. The van der Waals surface area contributed by atoms with Gasteiger partial charge in [0.1, 0.15) is 17.0 Å². The Bertz CT molecular complexity index is 1310. The van der Waals surface area contributed by atoms with Crippen LogP contribution in [0, 0.1) is 6.92 Å². The van der Waals surface area contributed by atoms with Gasteiger partial charge in [-0.2, -0.15) is 0 Å². The molecule has 0 spiro atoms. The maximum absolute atomic E-state index is 13.0. The predicted octanol–water partition coefficient (Wildman–Crippen LogP) is 5.35. The molecule has 4 rings (SSSR count). The molecule has 0 aliphatic heterocycles. The number of rotatable bonds is 5. The van der Waals surface area contributed by atoms with E-state index in [0.717, 1.165) is 23.8 Å². The van der Waals surface area contributed by atoms with Crippen molar-refractivity contribution in [2.75, 3.05) is 5.32 Å². The van der Waals surface area contributed by atoms with E-state index in [1.54, 1.807) is 37.3 Å². The van der Waals surface area contributed by atoms with E-state index >= 15 is 0 Å². The summed E-state index contributed by atoms with van der Waals surface area (Å²) in [4.78, 5) is 27.9. The molecule has 7 heteroatoms. The molecule has 0 saturated carbocycles. The zero-order chi connectivity index (χ0) is 21.3. The van der Waals surface area contributed by atoms with E-state index in [-0.39, 0.29) is 11.5 Å². The standard InChI is InChI=1S/C23H20ClN3O3/c1-3-6-14-11-20(28)26-19-12-15(9-10-16(14)19)25-23(29)21-13(2)30-27-22(21)17-7-4-5-8-18(17)24/h4-5,7-12H,3,6H2,1-2H3,(H,25,29)(H,26,28). The Morgan fingerprint density at radius 1 is 1.20 bits per heavy atom. The van der Waals surface area contributed by atoms with Crippen molar-refractivity contribution in [1.82, 2.24) is 10.1 Å². The van der Waals surface area contributed by atoms with Crippen molar-refractivity contribution < 1.29 is 9.32 Å². The lowest BCUT2D eigenvalue weighted by atomic mass is 10.0. The fraction of sp³-hybridized carbons (Fsp3) is 0.174. The van der Waals surface area contributed by atoms with Crippen LogP contribution in [0.5, 0.6) is 0 Å². The summed E-state index contributed by atoms with van der Waals surface area (Å²) >= 11 is 6.28. The summed E-state index contributed by atoms with van der Waals surface area (Å²) in [5.41, 5.74) is 3.38. The molecule has 0 aliphatic rings. The van der Waals surface area contributed by atoms with Gasteiger partial charge in [-0.3, -0.25) is 9.59 Å². The number of halogens is 1. The molecule has 2 heterocycles. The van der Waals surface area contributed by atoms with Crippen molar-refractivity contribution in [3.8, 4) is 11.3 Å². The van der Waals surface area contributed by atoms with Crippen LogP contribution in [0.25, 0.3) is 22.2 Å². The van der Waals surface area contributed by atoms with E-state index in [1.807, 2.05) is 18.2 Å². The first-order valence-electron chi connectivity index (χ1n) is 9.66. The van der Waals surface area contributed by atoms with E-state index in [1.165, 1.54) is 0 Å². The number of carbonyl (C=O) groups is 1. The highest BCUT2D eigenvalue weighted by atomic mass is 35.5. The van der Waals surface area contributed by atoms with Crippen LogP contribution in [0.1, 0.15) is 35.0 Å². The number of fused-ring (bicyclic) bond motifs is 1. The minimum atomic E-state index is -0.366. The van der Waals surface area contributed by atoms with Gasteiger partial charge in [0.2, 0.25) is 5.56 Å². The molecule has 0 bridgehead atoms. The van der Waals surface area contributed by atoms with Crippen LogP contribution in [0.4, 0.5) is 5.69 Å². The molecule has 0 radical (unpaired) electrons. The number of benzene rings is 2. The van der Waals surface area contributed by atoms with Crippen LogP contribution in [0.15, 0.2) is 57.8 Å². The predicted molar refractivity (Wildman–Crippen MR) is 118 cm³/mol. The fourth-order valence-electron chi connectivity index (χ4n) is 3.56. The Morgan fingerprint density at radius 3 is 2.77 bits per heavy atom. The van der Waals surface area contributed by atoms with E-state index in [9.17, 15) is 9.59 Å². The summed E-state index contributed by atoms with van der Waals surface area (Å²) in [6.45, 7) is 3.75. The van der Waals surface area contributed by atoms with Crippen molar-refractivity contribution >= 4 is 34.1 Å². The number of nitrogens with one attached hydrogen (secondary N) is 2. The topological polar surface area (TPSA) is 88.0 Å². The largest absolute Gasteiger partial charge is 0.360 e. The molecule has 0 fully saturated rings. The van der Waals surface area contributed by atoms with Gasteiger partial charge in [0.15, 0.2) is 0 Å². The smallest absolute Gasteiger partial charge is 0.261 e. The molecule has 4 aromatic rings. The van der Waals surface area contributed by atoms with Gasteiger partial charge in [-0.15, -0.1) is 0 Å². The minimum Gasteiger partial charge on any atom is -0.360 e. The van der Waals surface area contributed by atoms with Crippen molar-refractivity contribution in [2.45, 2.75) is 26.7 Å². The van der Waals surface area contributed by atoms with Gasteiger partial charge < -0.3 is 14.8 Å². The molecule has 0 aliphatic carbocycles. The molecule has 0 atom stereocenters. The second-order valence-corrected chi connectivity index (χ2v) is 7.47. The third kappa shape index (κ3) is 3.74. The Labute approximate surface area is 177 Å². The van der Waals surface area contributed by atoms with Crippen molar-refractivity contribution in [3.05, 3.63) is 80.8 Å². The van der Waals surface area contributed by atoms with E-state index in [2.05, 4.69) is 22.4 Å². The van der Waals surface area contributed by atoms with Crippen LogP contribution < -0.4 is 10.9 Å². The van der Waals surface area contributed by atoms with Crippen molar-refractivity contribution in [1.29, 1.82) is 0 Å². The second kappa shape index (κ2) is 8.16. The molecule has 2 N–H and O–H groups in total. The average molecular weight is 422 g/mol. The lowest BCUT2D eigenvalue weighted by molar-refractivity contribution is 0.102. The molecule has 0 unspecified atom stereocenters. The summed E-state index contributed by atoms with van der Waals surface area (Å²) < 4.78 is 5.28. The van der Waals surface area contributed by atoms with Crippen LogP contribution in [0.2, 0.25) is 5.02 Å². The van der Waals surface area contributed by atoms with Crippen LogP contribution in [-0.2, 0) is 6.42 Å². The number of H-pyrrole nitrogens is 1. The number of carbonyl (C=O) groups excluding carboxylic acids is 1. The number of aromatic amines is 1. The number of aromatic nitrogens is 2. The van der Waals surface area contributed by atoms with Gasteiger partial charge in [0, 0.05) is 22.7 Å². The van der Waals surface area contributed by atoms with E-state index in [4.69, 9.17) is 16.1 Å². The number of amides is 1. The van der Waals surface area contributed by atoms with Gasteiger partial charge in [-0.05, 0) is 37.1 Å². The number of anilines is 1. The first-order valence-corrected chi connectivity index (χ1v) is 10.0. The molecule has 2 aromatic carbocycles. The second-order valence-electron chi connectivity index (χ2n) is 7.07. The monoisotopic (exact) mass is 421 g/mol. The number of hydrogen-bond donors (Lipinski definition) is 2. The molecule has 2 aromatic heterocycles. The number of nitrogens with zero attached hydrogens (tertiary/aromatic N) is 1. The molecule has 1 amide bonds. The van der Waals surface area contributed by atoms with Crippen LogP contribution in [0.3, 0.4) is 0 Å².